The lowest BCUT2D eigenvalue weighted by Gasteiger charge is -2.19. The molecule has 2 aromatic carbocycles. The van der Waals surface area contributed by atoms with Gasteiger partial charge in [0.25, 0.3) is 5.69 Å². The number of carbonyl (C=O) groups excluding carboxylic acids is 1. The van der Waals surface area contributed by atoms with Crippen molar-refractivity contribution in [1.82, 2.24) is 0 Å². The minimum Gasteiger partial charge on any atom is -0.447 e. The average molecular weight is 341 g/mol. The minimum atomic E-state index is -0.491. The van der Waals surface area contributed by atoms with Crippen molar-refractivity contribution < 1.29 is 14.5 Å². The molecule has 25 heavy (non-hydrogen) atoms. The third-order valence-electron chi connectivity index (χ3n) is 4.21. The molecule has 0 aliphatic carbocycles. The van der Waals surface area contributed by atoms with Gasteiger partial charge < -0.3 is 10.1 Å². The second kappa shape index (κ2) is 6.80. The number of nitrogens with zero attached hydrogens (tertiary/aromatic N) is 2. The summed E-state index contributed by atoms with van der Waals surface area (Å²) < 4.78 is 4.96. The summed E-state index contributed by atoms with van der Waals surface area (Å²) in [6, 6.07) is 10.6. The van der Waals surface area contributed by atoms with E-state index in [1.807, 2.05) is 26.0 Å². The number of nitro groups is 1. The molecule has 0 radical (unpaired) electrons. The lowest BCUT2D eigenvalue weighted by atomic mass is 10.1. The Kier molecular flexibility index (Phi) is 4.56. The molecule has 0 atom stereocenters. The van der Waals surface area contributed by atoms with Crippen molar-refractivity contribution in [3.05, 3.63) is 63.2 Å². The maximum Gasteiger partial charge on any atom is 0.414 e. The molecule has 1 aliphatic heterocycles. The molecule has 7 nitrogen and oxygen atoms in total. The number of ether oxygens (including phenoxy) is 1. The predicted molar refractivity (Wildman–Crippen MR) is 95.0 cm³/mol. The smallest absolute Gasteiger partial charge is 0.414 e. The minimum absolute atomic E-state index is 0.0632. The number of rotatable bonds is 5. The maximum atomic E-state index is 11.9. The van der Waals surface area contributed by atoms with Crippen LogP contribution in [0.15, 0.2) is 36.4 Å². The molecule has 7 heteroatoms. The summed E-state index contributed by atoms with van der Waals surface area (Å²) in [4.78, 5) is 23.9. The van der Waals surface area contributed by atoms with Gasteiger partial charge in [-0.05, 0) is 31.0 Å². The SMILES string of the molecule is Cc1ccc(CNc2ccc([N+](=O)[O-])cc2N2CCOC2=O)c(C)c1. The molecule has 3 rings (SSSR count). The molecule has 0 saturated carbocycles. The van der Waals surface area contributed by atoms with E-state index < -0.39 is 11.0 Å². The van der Waals surface area contributed by atoms with Crippen LogP contribution in [-0.2, 0) is 11.3 Å². The first-order valence-corrected chi connectivity index (χ1v) is 7.98. The molecule has 0 bridgehead atoms. The van der Waals surface area contributed by atoms with Crippen molar-refractivity contribution in [2.75, 3.05) is 23.4 Å². The molecule has 130 valence electrons. The summed E-state index contributed by atoms with van der Waals surface area (Å²) in [5, 5.41) is 14.3. The number of cyclic esters (lactones) is 1. The normalized spacial score (nSPS) is 13.7. The van der Waals surface area contributed by atoms with Crippen molar-refractivity contribution in [1.29, 1.82) is 0 Å². The quantitative estimate of drug-likeness (QED) is 0.661. The van der Waals surface area contributed by atoms with E-state index in [0.29, 0.717) is 24.5 Å². The molecule has 0 spiro atoms. The monoisotopic (exact) mass is 341 g/mol. The maximum absolute atomic E-state index is 11.9. The molecular formula is C18H19N3O4. The van der Waals surface area contributed by atoms with Gasteiger partial charge >= 0.3 is 6.09 Å². The van der Waals surface area contributed by atoms with Gasteiger partial charge in [-0.25, -0.2) is 4.79 Å². The Morgan fingerprint density at radius 2 is 2.04 bits per heavy atom. The Morgan fingerprint density at radius 3 is 2.68 bits per heavy atom. The van der Waals surface area contributed by atoms with E-state index in [9.17, 15) is 14.9 Å². The molecule has 1 amide bonds. The van der Waals surface area contributed by atoms with E-state index in [4.69, 9.17) is 4.74 Å². The highest BCUT2D eigenvalue weighted by molar-refractivity contribution is 5.94. The van der Waals surface area contributed by atoms with Crippen LogP contribution in [0.4, 0.5) is 21.9 Å². The first-order valence-electron chi connectivity index (χ1n) is 7.98. The van der Waals surface area contributed by atoms with Gasteiger partial charge in [-0.2, -0.15) is 0 Å². The number of aryl methyl sites for hydroxylation is 2. The summed E-state index contributed by atoms with van der Waals surface area (Å²) in [5.74, 6) is 0. The van der Waals surface area contributed by atoms with Crippen LogP contribution >= 0.6 is 0 Å². The Balaban J connectivity index is 1.89. The average Bonchev–Trinajstić information content (AvgIpc) is 3.00. The van der Waals surface area contributed by atoms with Gasteiger partial charge in [0.05, 0.1) is 22.8 Å². The van der Waals surface area contributed by atoms with Crippen LogP contribution in [0.1, 0.15) is 16.7 Å². The van der Waals surface area contributed by atoms with Gasteiger partial charge in [0.15, 0.2) is 0 Å². The first-order chi connectivity index (χ1) is 12.0. The second-order valence-electron chi connectivity index (χ2n) is 6.01. The number of amides is 1. The summed E-state index contributed by atoms with van der Waals surface area (Å²) in [5.41, 5.74) is 4.53. The fourth-order valence-corrected chi connectivity index (χ4v) is 2.85. The number of hydrogen-bond acceptors (Lipinski definition) is 5. The van der Waals surface area contributed by atoms with Crippen molar-refractivity contribution in [2.45, 2.75) is 20.4 Å². The number of benzene rings is 2. The fraction of sp³-hybridized carbons (Fsp3) is 0.278. The largest absolute Gasteiger partial charge is 0.447 e. The van der Waals surface area contributed by atoms with Crippen molar-refractivity contribution in [3.63, 3.8) is 0 Å². The Labute approximate surface area is 145 Å². The topological polar surface area (TPSA) is 84.7 Å². The molecule has 1 N–H and O–H groups in total. The Hall–Kier alpha value is -3.09. The van der Waals surface area contributed by atoms with E-state index in [-0.39, 0.29) is 12.3 Å². The first kappa shape index (κ1) is 16.8. The Morgan fingerprint density at radius 1 is 1.24 bits per heavy atom. The molecule has 1 saturated heterocycles. The van der Waals surface area contributed by atoms with E-state index in [0.717, 1.165) is 11.1 Å². The van der Waals surface area contributed by atoms with Crippen LogP contribution in [0.3, 0.4) is 0 Å². The number of nitro benzene ring substituents is 1. The van der Waals surface area contributed by atoms with Gasteiger partial charge in [0, 0.05) is 18.7 Å². The number of carbonyl (C=O) groups is 1. The van der Waals surface area contributed by atoms with Crippen molar-refractivity contribution in [2.24, 2.45) is 0 Å². The van der Waals surface area contributed by atoms with E-state index in [1.165, 1.54) is 22.6 Å². The third-order valence-corrected chi connectivity index (χ3v) is 4.21. The van der Waals surface area contributed by atoms with Crippen LogP contribution in [0, 0.1) is 24.0 Å². The second-order valence-corrected chi connectivity index (χ2v) is 6.01. The third kappa shape index (κ3) is 3.55. The molecule has 2 aromatic rings. The zero-order valence-corrected chi connectivity index (χ0v) is 14.1. The van der Waals surface area contributed by atoms with E-state index in [2.05, 4.69) is 11.4 Å². The van der Waals surface area contributed by atoms with Gasteiger partial charge in [-0.1, -0.05) is 23.8 Å². The zero-order valence-electron chi connectivity index (χ0n) is 14.1. The fourth-order valence-electron chi connectivity index (χ4n) is 2.85. The predicted octanol–water partition coefficient (Wildman–Crippen LogP) is 3.78. The van der Waals surface area contributed by atoms with Crippen molar-refractivity contribution in [3.8, 4) is 0 Å². The van der Waals surface area contributed by atoms with Gasteiger partial charge in [0.2, 0.25) is 0 Å². The molecule has 0 aromatic heterocycles. The van der Waals surface area contributed by atoms with Crippen LogP contribution in [-0.4, -0.2) is 24.2 Å². The summed E-state index contributed by atoms with van der Waals surface area (Å²) in [7, 11) is 0. The highest BCUT2D eigenvalue weighted by Gasteiger charge is 2.27. The molecule has 1 heterocycles. The van der Waals surface area contributed by atoms with E-state index in [1.54, 1.807) is 6.07 Å². The zero-order chi connectivity index (χ0) is 18.0. The highest BCUT2D eigenvalue weighted by atomic mass is 16.6. The highest BCUT2D eigenvalue weighted by Crippen LogP contribution is 2.32. The van der Waals surface area contributed by atoms with E-state index >= 15 is 0 Å². The standard InChI is InChI=1S/C18H19N3O4/c1-12-3-4-14(13(2)9-12)11-19-16-6-5-15(21(23)24)10-17(16)20-7-8-25-18(20)22/h3-6,9-10,19H,7-8,11H2,1-2H3. The molecule has 1 aliphatic rings. The van der Waals surface area contributed by atoms with Crippen LogP contribution < -0.4 is 10.2 Å². The number of non-ortho nitro benzene ring substituents is 1. The lowest BCUT2D eigenvalue weighted by molar-refractivity contribution is -0.384. The molecule has 1 fully saturated rings. The van der Waals surface area contributed by atoms with Gasteiger partial charge in [0.1, 0.15) is 6.61 Å². The number of hydrogen-bond donors (Lipinski definition) is 1. The van der Waals surface area contributed by atoms with Gasteiger partial charge in [-0.3, -0.25) is 15.0 Å². The molecule has 0 unspecified atom stereocenters. The summed E-state index contributed by atoms with van der Waals surface area (Å²) >= 11 is 0. The summed E-state index contributed by atoms with van der Waals surface area (Å²) in [6.45, 7) is 5.28. The van der Waals surface area contributed by atoms with Crippen molar-refractivity contribution >= 4 is 23.2 Å². The lowest BCUT2D eigenvalue weighted by Crippen LogP contribution is -2.24. The number of anilines is 2. The van der Waals surface area contributed by atoms with Crippen LogP contribution in [0.2, 0.25) is 0 Å². The summed E-state index contributed by atoms with van der Waals surface area (Å²) in [6.07, 6.45) is -0.491. The molecular weight excluding hydrogens is 322 g/mol. The number of nitrogens with one attached hydrogen (secondary N) is 1. The van der Waals surface area contributed by atoms with Crippen LogP contribution in [0.5, 0.6) is 0 Å². The Bertz CT molecular complexity index is 835. The van der Waals surface area contributed by atoms with Crippen LogP contribution in [0.25, 0.3) is 0 Å². The van der Waals surface area contributed by atoms with Gasteiger partial charge in [-0.15, -0.1) is 0 Å².